The predicted molar refractivity (Wildman–Crippen MR) is 81.9 cm³/mol. The SMILES string of the molecule is NC(=O)c1ccc(Oc2cc(Br)ccc2Cl)cc1Br. The van der Waals surface area contributed by atoms with Crippen molar-refractivity contribution in [3.63, 3.8) is 0 Å². The third kappa shape index (κ3) is 3.49. The molecular weight excluding hydrogens is 397 g/mol. The van der Waals surface area contributed by atoms with E-state index in [1.54, 1.807) is 30.3 Å². The second-order valence-electron chi connectivity index (χ2n) is 3.68. The van der Waals surface area contributed by atoms with Crippen LogP contribution >= 0.6 is 43.5 Å². The lowest BCUT2D eigenvalue weighted by atomic mass is 10.2. The second kappa shape index (κ2) is 5.94. The molecule has 6 heteroatoms. The molecule has 0 aromatic heterocycles. The average molecular weight is 405 g/mol. The van der Waals surface area contributed by atoms with Gasteiger partial charge in [-0.2, -0.15) is 0 Å². The number of hydrogen-bond donors (Lipinski definition) is 1. The van der Waals surface area contributed by atoms with E-state index in [9.17, 15) is 4.79 Å². The Labute approximate surface area is 132 Å². The summed E-state index contributed by atoms with van der Waals surface area (Å²) in [6, 6.07) is 10.2. The number of halogens is 3. The van der Waals surface area contributed by atoms with Gasteiger partial charge in [0.05, 0.1) is 10.6 Å². The van der Waals surface area contributed by atoms with Gasteiger partial charge < -0.3 is 10.5 Å². The van der Waals surface area contributed by atoms with Crippen molar-refractivity contribution in [3.8, 4) is 11.5 Å². The third-order valence-corrected chi connectivity index (χ3v) is 3.79. The zero-order chi connectivity index (χ0) is 14.0. The van der Waals surface area contributed by atoms with Crippen LogP contribution in [0.2, 0.25) is 5.02 Å². The maximum Gasteiger partial charge on any atom is 0.249 e. The van der Waals surface area contributed by atoms with Crippen LogP contribution in [0.1, 0.15) is 10.4 Å². The van der Waals surface area contributed by atoms with Crippen LogP contribution in [-0.2, 0) is 0 Å². The Hall–Kier alpha value is -1.04. The van der Waals surface area contributed by atoms with Gasteiger partial charge in [-0.15, -0.1) is 0 Å². The molecular formula is C13H8Br2ClNO2. The highest BCUT2D eigenvalue weighted by Crippen LogP contribution is 2.33. The zero-order valence-corrected chi connectivity index (χ0v) is 13.4. The maximum atomic E-state index is 11.1. The lowest BCUT2D eigenvalue weighted by Crippen LogP contribution is -2.11. The minimum absolute atomic E-state index is 0.396. The van der Waals surface area contributed by atoms with Gasteiger partial charge in [-0.25, -0.2) is 0 Å². The van der Waals surface area contributed by atoms with Crippen molar-refractivity contribution in [2.75, 3.05) is 0 Å². The molecule has 0 heterocycles. The number of carbonyl (C=O) groups is 1. The number of primary amides is 1. The van der Waals surface area contributed by atoms with E-state index in [0.717, 1.165) is 4.47 Å². The lowest BCUT2D eigenvalue weighted by molar-refractivity contribution is 0.0999. The lowest BCUT2D eigenvalue weighted by Gasteiger charge is -2.09. The highest BCUT2D eigenvalue weighted by Gasteiger charge is 2.09. The quantitative estimate of drug-likeness (QED) is 0.801. The van der Waals surface area contributed by atoms with Gasteiger partial charge in [0.25, 0.3) is 0 Å². The molecule has 2 N–H and O–H groups in total. The van der Waals surface area contributed by atoms with Crippen LogP contribution in [0.15, 0.2) is 45.3 Å². The average Bonchev–Trinajstić information content (AvgIpc) is 2.33. The first-order valence-corrected chi connectivity index (χ1v) is 7.16. The van der Waals surface area contributed by atoms with Gasteiger partial charge in [-0.1, -0.05) is 27.5 Å². The molecule has 0 bridgehead atoms. The molecule has 0 atom stereocenters. The highest BCUT2D eigenvalue weighted by atomic mass is 79.9. The molecule has 2 aromatic carbocycles. The Morgan fingerprint density at radius 1 is 1.16 bits per heavy atom. The molecule has 0 saturated heterocycles. The van der Waals surface area contributed by atoms with Gasteiger partial charge in [-0.05, 0) is 52.3 Å². The van der Waals surface area contributed by atoms with Crippen molar-refractivity contribution in [3.05, 3.63) is 55.9 Å². The first kappa shape index (κ1) is 14.4. The molecule has 3 nitrogen and oxygen atoms in total. The summed E-state index contributed by atoms with van der Waals surface area (Å²) in [6.45, 7) is 0. The Balaban J connectivity index is 2.31. The van der Waals surface area contributed by atoms with Crippen molar-refractivity contribution >= 4 is 49.4 Å². The largest absolute Gasteiger partial charge is 0.456 e. The molecule has 98 valence electrons. The summed E-state index contributed by atoms with van der Waals surface area (Å²) in [5.74, 6) is 0.575. The van der Waals surface area contributed by atoms with Crippen LogP contribution in [0, 0.1) is 0 Å². The van der Waals surface area contributed by atoms with Crippen molar-refractivity contribution in [1.29, 1.82) is 0 Å². The van der Waals surface area contributed by atoms with Gasteiger partial charge in [0, 0.05) is 8.95 Å². The Kier molecular flexibility index (Phi) is 4.50. The van der Waals surface area contributed by atoms with E-state index in [4.69, 9.17) is 22.1 Å². The summed E-state index contributed by atoms with van der Waals surface area (Å²) in [7, 11) is 0. The van der Waals surface area contributed by atoms with E-state index < -0.39 is 5.91 Å². The van der Waals surface area contributed by atoms with E-state index in [-0.39, 0.29) is 0 Å². The fourth-order valence-corrected chi connectivity index (χ4v) is 2.49. The van der Waals surface area contributed by atoms with E-state index in [1.165, 1.54) is 0 Å². The molecule has 0 unspecified atom stereocenters. The number of ether oxygens (including phenoxy) is 1. The fourth-order valence-electron chi connectivity index (χ4n) is 1.44. The van der Waals surface area contributed by atoms with Gasteiger partial charge >= 0.3 is 0 Å². The molecule has 2 aromatic rings. The van der Waals surface area contributed by atoms with Crippen molar-refractivity contribution < 1.29 is 9.53 Å². The molecule has 0 saturated carbocycles. The topological polar surface area (TPSA) is 52.3 Å². The summed E-state index contributed by atoms with van der Waals surface area (Å²) in [5.41, 5.74) is 5.62. The van der Waals surface area contributed by atoms with Crippen LogP contribution < -0.4 is 10.5 Å². The Bertz CT molecular complexity index is 647. The number of benzene rings is 2. The van der Waals surface area contributed by atoms with E-state index in [1.807, 2.05) is 6.07 Å². The normalized spacial score (nSPS) is 10.3. The first-order valence-electron chi connectivity index (χ1n) is 5.19. The van der Waals surface area contributed by atoms with Crippen molar-refractivity contribution in [1.82, 2.24) is 0 Å². The minimum Gasteiger partial charge on any atom is -0.456 e. The minimum atomic E-state index is -0.501. The Morgan fingerprint density at radius 3 is 2.53 bits per heavy atom. The molecule has 0 spiro atoms. The summed E-state index contributed by atoms with van der Waals surface area (Å²) < 4.78 is 7.10. The summed E-state index contributed by atoms with van der Waals surface area (Å²) in [5, 5.41) is 0.498. The summed E-state index contributed by atoms with van der Waals surface area (Å²) in [6.07, 6.45) is 0. The van der Waals surface area contributed by atoms with E-state index in [2.05, 4.69) is 31.9 Å². The number of rotatable bonds is 3. The van der Waals surface area contributed by atoms with Crippen LogP contribution in [0.5, 0.6) is 11.5 Å². The monoisotopic (exact) mass is 403 g/mol. The molecule has 0 aliphatic heterocycles. The van der Waals surface area contributed by atoms with Crippen molar-refractivity contribution in [2.24, 2.45) is 5.73 Å². The van der Waals surface area contributed by atoms with Gasteiger partial charge in [0.1, 0.15) is 11.5 Å². The molecule has 2 rings (SSSR count). The Morgan fingerprint density at radius 2 is 1.89 bits per heavy atom. The number of nitrogens with two attached hydrogens (primary N) is 1. The molecule has 0 fully saturated rings. The molecule has 0 aliphatic rings. The molecule has 1 amide bonds. The zero-order valence-electron chi connectivity index (χ0n) is 9.49. The number of amides is 1. The molecule has 0 radical (unpaired) electrons. The number of carbonyl (C=O) groups excluding carboxylic acids is 1. The molecule has 19 heavy (non-hydrogen) atoms. The van der Waals surface area contributed by atoms with Gasteiger partial charge in [0.2, 0.25) is 5.91 Å². The first-order chi connectivity index (χ1) is 8.97. The summed E-state index contributed by atoms with van der Waals surface area (Å²) >= 11 is 12.7. The van der Waals surface area contributed by atoms with Crippen LogP contribution in [0.4, 0.5) is 0 Å². The van der Waals surface area contributed by atoms with Gasteiger partial charge in [-0.3, -0.25) is 4.79 Å². The number of hydrogen-bond acceptors (Lipinski definition) is 2. The van der Waals surface area contributed by atoms with Crippen molar-refractivity contribution in [2.45, 2.75) is 0 Å². The highest BCUT2D eigenvalue weighted by molar-refractivity contribution is 9.10. The fraction of sp³-hybridized carbons (Fsp3) is 0. The van der Waals surface area contributed by atoms with Crippen LogP contribution in [0.25, 0.3) is 0 Å². The van der Waals surface area contributed by atoms with Crippen LogP contribution in [-0.4, -0.2) is 5.91 Å². The second-order valence-corrected chi connectivity index (χ2v) is 5.86. The maximum absolute atomic E-state index is 11.1. The van der Waals surface area contributed by atoms with E-state index in [0.29, 0.717) is 26.6 Å². The van der Waals surface area contributed by atoms with Crippen LogP contribution in [0.3, 0.4) is 0 Å². The van der Waals surface area contributed by atoms with E-state index >= 15 is 0 Å². The summed E-state index contributed by atoms with van der Waals surface area (Å²) in [4.78, 5) is 11.1. The van der Waals surface area contributed by atoms with Gasteiger partial charge in [0.15, 0.2) is 0 Å². The third-order valence-electron chi connectivity index (χ3n) is 2.33. The smallest absolute Gasteiger partial charge is 0.249 e. The standard InChI is InChI=1S/C13H8Br2ClNO2/c14-7-1-4-11(16)12(5-7)19-8-2-3-9(13(17)18)10(15)6-8/h1-6H,(H2,17,18). The predicted octanol–water partition coefficient (Wildman–Crippen LogP) is 4.76. The molecule has 0 aliphatic carbocycles.